The van der Waals surface area contributed by atoms with Gasteiger partial charge in [0.15, 0.2) is 11.9 Å². The van der Waals surface area contributed by atoms with E-state index in [1.165, 1.54) is 33.3 Å². The Balaban J connectivity index is 2.88. The highest BCUT2D eigenvalue weighted by Gasteiger charge is 2.23. The number of rotatable bonds is 8. The summed E-state index contributed by atoms with van der Waals surface area (Å²) in [6, 6.07) is 3.61. The Morgan fingerprint density at radius 2 is 2.04 bits per heavy atom. The van der Waals surface area contributed by atoms with Gasteiger partial charge < -0.3 is 19.5 Å². The van der Waals surface area contributed by atoms with E-state index in [2.05, 4.69) is 10.1 Å². The van der Waals surface area contributed by atoms with Crippen LogP contribution in [0, 0.1) is 10.1 Å². The predicted molar refractivity (Wildman–Crippen MR) is 79.4 cm³/mol. The quantitative estimate of drug-likeness (QED) is 0.326. The van der Waals surface area contributed by atoms with Gasteiger partial charge in [0, 0.05) is 19.7 Å². The summed E-state index contributed by atoms with van der Waals surface area (Å²) in [5.74, 6) is -1.25. The maximum Gasteiger partial charge on any atom is 0.338 e. The molecule has 0 aliphatic carbocycles. The third kappa shape index (κ3) is 5.22. The highest BCUT2D eigenvalue weighted by molar-refractivity contribution is 5.90. The molecule has 1 aromatic carbocycles. The van der Waals surface area contributed by atoms with Gasteiger partial charge in [-0.25, -0.2) is 4.79 Å². The molecule has 0 aromatic heterocycles. The van der Waals surface area contributed by atoms with Gasteiger partial charge in [0.2, 0.25) is 0 Å². The summed E-state index contributed by atoms with van der Waals surface area (Å²) in [5, 5.41) is 13.7. The molecule has 1 rings (SSSR count). The molecule has 0 bridgehead atoms. The smallest absolute Gasteiger partial charge is 0.338 e. The zero-order chi connectivity index (χ0) is 17.4. The van der Waals surface area contributed by atoms with Crippen molar-refractivity contribution < 1.29 is 28.7 Å². The standard InChI is InChI=1S/C14H18N2O7/c1-9(13(17)15-6-7-21-2)23-12-5-4-10(14(18)22-3)8-11(12)16(19)20/h4-5,8-9H,6-7H2,1-3H3,(H,15,17)/t9-/m1/s1. The van der Waals surface area contributed by atoms with E-state index >= 15 is 0 Å². The Morgan fingerprint density at radius 3 is 2.61 bits per heavy atom. The minimum atomic E-state index is -0.950. The Morgan fingerprint density at radius 1 is 1.35 bits per heavy atom. The van der Waals surface area contributed by atoms with Gasteiger partial charge in [-0.05, 0) is 19.1 Å². The summed E-state index contributed by atoms with van der Waals surface area (Å²) in [5.41, 5.74) is -0.409. The van der Waals surface area contributed by atoms with Gasteiger partial charge in [0.25, 0.3) is 5.91 Å². The molecular weight excluding hydrogens is 308 g/mol. The summed E-state index contributed by atoms with van der Waals surface area (Å²) in [6.07, 6.45) is -0.950. The van der Waals surface area contributed by atoms with Gasteiger partial charge in [-0.2, -0.15) is 0 Å². The first-order valence-electron chi connectivity index (χ1n) is 6.70. The van der Waals surface area contributed by atoms with Crippen LogP contribution in [0.4, 0.5) is 5.69 Å². The predicted octanol–water partition coefficient (Wildman–Crippen LogP) is 0.911. The normalized spacial score (nSPS) is 11.4. The second-order valence-electron chi connectivity index (χ2n) is 4.48. The molecule has 0 aliphatic heterocycles. The lowest BCUT2D eigenvalue weighted by molar-refractivity contribution is -0.386. The monoisotopic (exact) mass is 326 g/mol. The largest absolute Gasteiger partial charge is 0.474 e. The minimum absolute atomic E-state index is 0.0174. The third-order valence-corrected chi connectivity index (χ3v) is 2.86. The summed E-state index contributed by atoms with van der Waals surface area (Å²) < 4.78 is 14.6. The van der Waals surface area contributed by atoms with Crippen molar-refractivity contribution in [3.05, 3.63) is 33.9 Å². The van der Waals surface area contributed by atoms with E-state index in [-0.39, 0.29) is 11.3 Å². The zero-order valence-corrected chi connectivity index (χ0v) is 13.0. The van der Waals surface area contributed by atoms with Gasteiger partial charge in [-0.1, -0.05) is 0 Å². The number of esters is 1. The number of carbonyl (C=O) groups is 2. The summed E-state index contributed by atoms with van der Waals surface area (Å²) in [7, 11) is 2.67. The van der Waals surface area contributed by atoms with Crippen LogP contribution in [-0.2, 0) is 14.3 Å². The number of nitrogens with one attached hydrogen (secondary N) is 1. The maximum absolute atomic E-state index is 11.8. The highest BCUT2D eigenvalue weighted by Crippen LogP contribution is 2.29. The van der Waals surface area contributed by atoms with E-state index in [1.54, 1.807) is 0 Å². The number of nitro benzene ring substituents is 1. The number of hydrogen-bond donors (Lipinski definition) is 1. The Kier molecular flexibility index (Phi) is 6.94. The fraction of sp³-hybridized carbons (Fsp3) is 0.429. The van der Waals surface area contributed by atoms with Crippen molar-refractivity contribution in [2.75, 3.05) is 27.4 Å². The lowest BCUT2D eigenvalue weighted by atomic mass is 10.2. The van der Waals surface area contributed by atoms with Crippen LogP contribution in [0.5, 0.6) is 5.75 Å². The molecule has 0 saturated heterocycles. The van der Waals surface area contributed by atoms with Crippen molar-refractivity contribution in [3.63, 3.8) is 0 Å². The molecule has 0 unspecified atom stereocenters. The third-order valence-electron chi connectivity index (χ3n) is 2.86. The van der Waals surface area contributed by atoms with Crippen molar-refractivity contribution in [3.8, 4) is 5.75 Å². The fourth-order valence-corrected chi connectivity index (χ4v) is 1.67. The summed E-state index contributed by atoms with van der Waals surface area (Å²) in [4.78, 5) is 33.6. The molecule has 0 fully saturated rings. The second kappa shape index (κ2) is 8.69. The van der Waals surface area contributed by atoms with Crippen LogP contribution in [0.25, 0.3) is 0 Å². The van der Waals surface area contributed by atoms with Gasteiger partial charge in [-0.3, -0.25) is 14.9 Å². The number of ether oxygens (including phenoxy) is 3. The molecule has 1 N–H and O–H groups in total. The van der Waals surface area contributed by atoms with E-state index in [4.69, 9.17) is 9.47 Å². The SMILES string of the molecule is COCCNC(=O)[C@@H](C)Oc1ccc(C(=O)OC)cc1[N+](=O)[O-]. The summed E-state index contributed by atoms with van der Waals surface area (Å²) in [6.45, 7) is 2.10. The van der Waals surface area contributed by atoms with Crippen molar-refractivity contribution in [2.45, 2.75) is 13.0 Å². The van der Waals surface area contributed by atoms with Crippen molar-refractivity contribution >= 4 is 17.6 Å². The molecular formula is C14H18N2O7. The van der Waals surface area contributed by atoms with Crippen LogP contribution in [-0.4, -0.2) is 50.3 Å². The number of benzene rings is 1. The lowest BCUT2D eigenvalue weighted by Crippen LogP contribution is -2.38. The maximum atomic E-state index is 11.8. The molecule has 23 heavy (non-hydrogen) atoms. The summed E-state index contributed by atoms with van der Waals surface area (Å²) >= 11 is 0. The van der Waals surface area contributed by atoms with Crippen LogP contribution in [0.2, 0.25) is 0 Å². The minimum Gasteiger partial charge on any atom is -0.474 e. The van der Waals surface area contributed by atoms with Gasteiger partial charge in [-0.15, -0.1) is 0 Å². The Bertz CT molecular complexity index is 588. The van der Waals surface area contributed by atoms with E-state index < -0.39 is 28.6 Å². The Hall–Kier alpha value is -2.68. The first kappa shape index (κ1) is 18.4. The van der Waals surface area contributed by atoms with Gasteiger partial charge in [0.05, 0.1) is 24.2 Å². The molecule has 9 nitrogen and oxygen atoms in total. The molecule has 0 saturated carbocycles. The number of nitrogens with zero attached hydrogens (tertiary/aromatic N) is 1. The van der Waals surface area contributed by atoms with Crippen molar-refractivity contribution in [1.29, 1.82) is 0 Å². The second-order valence-corrected chi connectivity index (χ2v) is 4.48. The fourth-order valence-electron chi connectivity index (χ4n) is 1.67. The molecule has 126 valence electrons. The van der Waals surface area contributed by atoms with Crippen molar-refractivity contribution in [2.24, 2.45) is 0 Å². The molecule has 1 amide bonds. The average molecular weight is 326 g/mol. The average Bonchev–Trinajstić information content (AvgIpc) is 2.54. The molecule has 0 radical (unpaired) electrons. The molecule has 0 heterocycles. The van der Waals surface area contributed by atoms with Gasteiger partial charge in [0.1, 0.15) is 0 Å². The van der Waals surface area contributed by atoms with E-state index in [0.29, 0.717) is 13.2 Å². The van der Waals surface area contributed by atoms with E-state index in [9.17, 15) is 19.7 Å². The molecule has 1 atom stereocenters. The number of carbonyl (C=O) groups excluding carboxylic acids is 2. The van der Waals surface area contributed by atoms with Crippen LogP contribution in [0.15, 0.2) is 18.2 Å². The molecule has 0 aliphatic rings. The number of methoxy groups -OCH3 is 2. The van der Waals surface area contributed by atoms with Crippen LogP contribution in [0.3, 0.4) is 0 Å². The number of hydrogen-bond acceptors (Lipinski definition) is 7. The molecule has 0 spiro atoms. The molecule has 1 aromatic rings. The molecule has 9 heteroatoms. The first-order chi connectivity index (χ1) is 10.9. The highest BCUT2D eigenvalue weighted by atomic mass is 16.6. The van der Waals surface area contributed by atoms with Crippen LogP contribution >= 0.6 is 0 Å². The van der Waals surface area contributed by atoms with Crippen LogP contribution in [0.1, 0.15) is 17.3 Å². The zero-order valence-electron chi connectivity index (χ0n) is 13.0. The van der Waals surface area contributed by atoms with Gasteiger partial charge >= 0.3 is 11.7 Å². The number of nitro groups is 1. The Labute approximate surface area is 132 Å². The number of amides is 1. The van der Waals surface area contributed by atoms with E-state index in [1.807, 2.05) is 0 Å². The first-order valence-corrected chi connectivity index (χ1v) is 6.70. The van der Waals surface area contributed by atoms with Crippen molar-refractivity contribution in [1.82, 2.24) is 5.32 Å². The lowest BCUT2D eigenvalue weighted by Gasteiger charge is -2.14. The van der Waals surface area contributed by atoms with E-state index in [0.717, 1.165) is 6.07 Å². The topological polar surface area (TPSA) is 117 Å². The van der Waals surface area contributed by atoms with Crippen LogP contribution < -0.4 is 10.1 Å².